The van der Waals surface area contributed by atoms with Crippen LogP contribution in [0.5, 0.6) is 0 Å². The van der Waals surface area contributed by atoms with Crippen LogP contribution >= 0.6 is 12.2 Å². The molecule has 4 nitrogen and oxygen atoms in total. The van der Waals surface area contributed by atoms with E-state index in [4.69, 9.17) is 12.2 Å². The van der Waals surface area contributed by atoms with Crippen molar-refractivity contribution >= 4 is 33.1 Å². The lowest BCUT2D eigenvalue weighted by molar-refractivity contribution is 0.568. The maximum absolute atomic E-state index is 12.0. The molecule has 0 spiro atoms. The largest absolute Gasteiger partial charge is 0.331 e. The first-order chi connectivity index (χ1) is 8.99. The van der Waals surface area contributed by atoms with Crippen LogP contribution < -0.4 is 0 Å². The zero-order valence-electron chi connectivity index (χ0n) is 10.7. The second-order valence-electron chi connectivity index (χ2n) is 5.14. The van der Waals surface area contributed by atoms with Crippen LogP contribution in [-0.4, -0.2) is 29.0 Å². The number of nitrogens with zero attached hydrogens (tertiary/aromatic N) is 1. The van der Waals surface area contributed by atoms with Crippen molar-refractivity contribution in [3.63, 3.8) is 0 Å². The van der Waals surface area contributed by atoms with E-state index < -0.39 is 9.84 Å². The lowest BCUT2D eigenvalue weighted by Gasteiger charge is -2.12. The van der Waals surface area contributed by atoms with Crippen molar-refractivity contribution in [2.24, 2.45) is 0 Å². The molecule has 1 aromatic heterocycles. The molecule has 0 saturated carbocycles. The summed E-state index contributed by atoms with van der Waals surface area (Å²) < 4.78 is 26.5. The molecule has 102 valence electrons. The third-order valence-electron chi connectivity index (χ3n) is 3.84. The molecule has 0 amide bonds. The first-order valence-corrected chi connectivity index (χ1v) is 8.51. The number of aryl methyl sites for hydroxylation is 1. The summed E-state index contributed by atoms with van der Waals surface area (Å²) in [5, 5.41) is -0.294. The molecule has 1 N–H and O–H groups in total. The SMILES string of the molecule is Cc1cccc2[nH]c(=S)n(CC3CCCS3(=O)=O)c12. The summed E-state index contributed by atoms with van der Waals surface area (Å²) in [5.41, 5.74) is 3.11. The Balaban J connectivity index is 2.11. The van der Waals surface area contributed by atoms with Gasteiger partial charge in [-0.1, -0.05) is 12.1 Å². The summed E-state index contributed by atoms with van der Waals surface area (Å²) in [6, 6.07) is 5.96. The van der Waals surface area contributed by atoms with Gasteiger partial charge in [0.15, 0.2) is 14.6 Å². The molecular weight excluding hydrogens is 280 g/mol. The smallest absolute Gasteiger partial charge is 0.178 e. The predicted octanol–water partition coefficient (Wildman–Crippen LogP) is 2.58. The zero-order valence-corrected chi connectivity index (χ0v) is 12.4. The fourth-order valence-electron chi connectivity index (χ4n) is 2.84. The van der Waals surface area contributed by atoms with Crippen molar-refractivity contribution in [3.8, 4) is 0 Å². The third-order valence-corrected chi connectivity index (χ3v) is 6.42. The Morgan fingerprint density at radius 3 is 2.95 bits per heavy atom. The normalized spacial score (nSPS) is 22.1. The molecule has 2 aromatic rings. The van der Waals surface area contributed by atoms with Crippen molar-refractivity contribution in [3.05, 3.63) is 28.5 Å². The standard InChI is InChI=1S/C13H16N2O2S2/c1-9-4-2-6-11-12(9)15(13(18)14-11)8-10-5-3-7-19(10,16)17/h2,4,6,10H,3,5,7-8H2,1H3,(H,14,18). The number of imidazole rings is 1. The minimum Gasteiger partial charge on any atom is -0.331 e. The van der Waals surface area contributed by atoms with E-state index in [0.29, 0.717) is 17.1 Å². The van der Waals surface area contributed by atoms with Gasteiger partial charge in [0, 0.05) is 6.54 Å². The monoisotopic (exact) mass is 296 g/mol. The molecule has 1 saturated heterocycles. The lowest BCUT2D eigenvalue weighted by atomic mass is 10.2. The predicted molar refractivity (Wildman–Crippen MR) is 78.7 cm³/mol. The molecule has 0 aliphatic carbocycles. The summed E-state index contributed by atoms with van der Waals surface area (Å²) in [7, 11) is -2.94. The average molecular weight is 296 g/mol. The van der Waals surface area contributed by atoms with E-state index >= 15 is 0 Å². The summed E-state index contributed by atoms with van der Waals surface area (Å²) >= 11 is 5.33. The molecule has 1 atom stereocenters. The van der Waals surface area contributed by atoms with Crippen LogP contribution in [-0.2, 0) is 16.4 Å². The van der Waals surface area contributed by atoms with Crippen LogP contribution in [0.1, 0.15) is 18.4 Å². The number of nitrogens with one attached hydrogen (secondary N) is 1. The highest BCUT2D eigenvalue weighted by atomic mass is 32.2. The van der Waals surface area contributed by atoms with Gasteiger partial charge in [0.2, 0.25) is 0 Å². The van der Waals surface area contributed by atoms with Crippen LogP contribution in [0, 0.1) is 11.7 Å². The van der Waals surface area contributed by atoms with Gasteiger partial charge in [-0.15, -0.1) is 0 Å². The van der Waals surface area contributed by atoms with Crippen LogP contribution in [0.4, 0.5) is 0 Å². The number of aromatic nitrogens is 2. The van der Waals surface area contributed by atoms with Crippen LogP contribution in [0.3, 0.4) is 0 Å². The first-order valence-electron chi connectivity index (χ1n) is 6.39. The van der Waals surface area contributed by atoms with Gasteiger partial charge in [0.25, 0.3) is 0 Å². The number of hydrogen-bond donors (Lipinski definition) is 1. The van der Waals surface area contributed by atoms with E-state index in [9.17, 15) is 8.42 Å². The van der Waals surface area contributed by atoms with E-state index in [1.54, 1.807) is 0 Å². The van der Waals surface area contributed by atoms with Gasteiger partial charge in [0.1, 0.15) is 0 Å². The topological polar surface area (TPSA) is 54.9 Å². The molecule has 6 heteroatoms. The number of benzene rings is 1. The summed E-state index contributed by atoms with van der Waals surface area (Å²) in [5.74, 6) is 0.312. The van der Waals surface area contributed by atoms with Crippen molar-refractivity contribution in [1.29, 1.82) is 0 Å². The highest BCUT2D eigenvalue weighted by Gasteiger charge is 2.32. The Kier molecular flexibility index (Phi) is 3.02. The Morgan fingerprint density at radius 1 is 1.47 bits per heavy atom. The van der Waals surface area contributed by atoms with Crippen molar-refractivity contribution in [1.82, 2.24) is 9.55 Å². The fraction of sp³-hybridized carbons (Fsp3) is 0.462. The van der Waals surface area contributed by atoms with Gasteiger partial charge in [-0.2, -0.15) is 0 Å². The molecule has 0 radical (unpaired) electrons. The fourth-order valence-corrected chi connectivity index (χ4v) is 4.92. The molecule has 1 aliphatic rings. The molecule has 3 rings (SSSR count). The zero-order chi connectivity index (χ0) is 13.6. The van der Waals surface area contributed by atoms with E-state index in [1.165, 1.54) is 0 Å². The molecule has 1 aliphatic heterocycles. The molecule has 1 aromatic carbocycles. The van der Waals surface area contributed by atoms with Gasteiger partial charge >= 0.3 is 0 Å². The lowest BCUT2D eigenvalue weighted by Crippen LogP contribution is -2.22. The highest BCUT2D eigenvalue weighted by Crippen LogP contribution is 2.25. The van der Waals surface area contributed by atoms with Gasteiger partial charge in [-0.05, 0) is 43.6 Å². The Hall–Kier alpha value is -1.14. The average Bonchev–Trinajstić information content (AvgIpc) is 2.82. The van der Waals surface area contributed by atoms with Crippen molar-refractivity contribution in [2.45, 2.75) is 31.6 Å². The van der Waals surface area contributed by atoms with Crippen LogP contribution in [0.25, 0.3) is 11.0 Å². The van der Waals surface area contributed by atoms with Crippen molar-refractivity contribution < 1.29 is 8.42 Å². The number of H-pyrrole nitrogens is 1. The molecule has 2 heterocycles. The number of rotatable bonds is 2. The third kappa shape index (κ3) is 2.12. The number of aromatic amines is 1. The maximum Gasteiger partial charge on any atom is 0.178 e. The quantitative estimate of drug-likeness (QED) is 0.867. The Morgan fingerprint density at radius 2 is 2.26 bits per heavy atom. The highest BCUT2D eigenvalue weighted by molar-refractivity contribution is 7.92. The number of sulfone groups is 1. The Labute approximate surface area is 117 Å². The van der Waals surface area contributed by atoms with E-state index in [-0.39, 0.29) is 5.25 Å². The van der Waals surface area contributed by atoms with Crippen LogP contribution in [0.15, 0.2) is 18.2 Å². The minimum atomic E-state index is -2.94. The van der Waals surface area contributed by atoms with E-state index in [2.05, 4.69) is 4.98 Å². The molecule has 19 heavy (non-hydrogen) atoms. The summed E-state index contributed by atoms with van der Waals surface area (Å²) in [6.45, 7) is 2.48. The summed E-state index contributed by atoms with van der Waals surface area (Å²) in [4.78, 5) is 3.15. The molecule has 1 fully saturated rings. The van der Waals surface area contributed by atoms with Crippen LogP contribution in [0.2, 0.25) is 0 Å². The second kappa shape index (κ2) is 4.45. The number of para-hydroxylation sites is 1. The van der Waals surface area contributed by atoms with Gasteiger partial charge in [-0.25, -0.2) is 8.42 Å². The molecule has 1 unspecified atom stereocenters. The van der Waals surface area contributed by atoms with Crippen molar-refractivity contribution in [2.75, 3.05) is 5.75 Å². The first kappa shape index (κ1) is 12.9. The molecular formula is C13H16N2O2S2. The Bertz CT molecular complexity index is 787. The van der Waals surface area contributed by atoms with Gasteiger partial charge in [-0.3, -0.25) is 0 Å². The number of fused-ring (bicyclic) bond motifs is 1. The minimum absolute atomic E-state index is 0.294. The number of hydrogen-bond acceptors (Lipinski definition) is 3. The molecule has 0 bridgehead atoms. The van der Waals surface area contributed by atoms with Gasteiger partial charge < -0.3 is 9.55 Å². The van der Waals surface area contributed by atoms with E-state index in [0.717, 1.165) is 29.4 Å². The second-order valence-corrected chi connectivity index (χ2v) is 7.93. The van der Waals surface area contributed by atoms with E-state index in [1.807, 2.05) is 29.7 Å². The summed E-state index contributed by atoms with van der Waals surface area (Å²) in [6.07, 6.45) is 1.50. The maximum atomic E-state index is 12.0. The van der Waals surface area contributed by atoms with Gasteiger partial charge in [0.05, 0.1) is 22.0 Å².